The molecule has 76 valence electrons. The highest BCUT2D eigenvalue weighted by molar-refractivity contribution is 7.92. The Morgan fingerprint density at radius 2 is 1.71 bits per heavy atom. The number of hydrogen-bond acceptors (Lipinski definition) is 4. The lowest BCUT2D eigenvalue weighted by Gasteiger charge is -2.00. The molecule has 0 aromatic heterocycles. The zero-order valence-electron chi connectivity index (χ0n) is 7.04. The number of phenols is 1. The predicted molar refractivity (Wildman–Crippen MR) is 47.8 cm³/mol. The number of aliphatic carboxylic acids is 1. The Bertz CT molecular complexity index is 431. The molecule has 0 unspecified atom stereocenters. The molecule has 14 heavy (non-hydrogen) atoms. The number of phenolic OH excluding ortho intramolecular Hbond substituents is 1. The third-order valence-corrected chi connectivity index (χ3v) is 3.13. The molecular weight excluding hydrogens is 208 g/mol. The van der Waals surface area contributed by atoms with Gasteiger partial charge in [-0.15, -0.1) is 0 Å². The first kappa shape index (κ1) is 10.5. The normalized spacial score (nSPS) is 11.1. The fourth-order valence-corrected chi connectivity index (χ4v) is 1.94. The lowest BCUT2D eigenvalue weighted by molar-refractivity contribution is -0.134. The predicted octanol–water partition coefficient (Wildman–Crippen LogP) is 0.251. The van der Waals surface area contributed by atoms with Gasteiger partial charge in [-0.05, 0) is 24.3 Å². The van der Waals surface area contributed by atoms with Crippen molar-refractivity contribution in [2.24, 2.45) is 0 Å². The first-order valence-electron chi connectivity index (χ1n) is 3.65. The van der Waals surface area contributed by atoms with E-state index in [0.717, 1.165) is 12.1 Å². The van der Waals surface area contributed by atoms with Crippen molar-refractivity contribution in [1.82, 2.24) is 0 Å². The molecule has 0 spiro atoms. The summed E-state index contributed by atoms with van der Waals surface area (Å²) >= 11 is 0. The third-order valence-electron chi connectivity index (χ3n) is 1.51. The molecule has 6 heteroatoms. The lowest BCUT2D eigenvalue weighted by Crippen LogP contribution is -2.15. The molecule has 0 saturated carbocycles. The number of benzene rings is 1. The van der Waals surface area contributed by atoms with E-state index >= 15 is 0 Å². The first-order chi connectivity index (χ1) is 6.42. The van der Waals surface area contributed by atoms with Crippen LogP contribution in [0.4, 0.5) is 0 Å². The molecule has 0 amide bonds. The van der Waals surface area contributed by atoms with E-state index in [4.69, 9.17) is 10.2 Å². The summed E-state index contributed by atoms with van der Waals surface area (Å²) in [6.07, 6.45) is 0. The molecule has 0 heterocycles. The zero-order valence-corrected chi connectivity index (χ0v) is 7.86. The smallest absolute Gasteiger partial charge is 0.319 e. The van der Waals surface area contributed by atoms with Crippen molar-refractivity contribution in [3.8, 4) is 5.75 Å². The van der Waals surface area contributed by atoms with Gasteiger partial charge in [0.2, 0.25) is 0 Å². The van der Waals surface area contributed by atoms with Gasteiger partial charge >= 0.3 is 5.97 Å². The van der Waals surface area contributed by atoms with Crippen molar-refractivity contribution < 1.29 is 23.4 Å². The Morgan fingerprint density at radius 1 is 1.21 bits per heavy atom. The van der Waals surface area contributed by atoms with Crippen LogP contribution in [-0.4, -0.2) is 30.4 Å². The van der Waals surface area contributed by atoms with E-state index in [1.165, 1.54) is 12.1 Å². The fraction of sp³-hybridized carbons (Fsp3) is 0.125. The monoisotopic (exact) mass is 216 g/mol. The van der Waals surface area contributed by atoms with Crippen LogP contribution < -0.4 is 0 Å². The number of carbonyl (C=O) groups is 1. The molecule has 2 N–H and O–H groups in total. The Kier molecular flexibility index (Phi) is 2.76. The summed E-state index contributed by atoms with van der Waals surface area (Å²) in [7, 11) is -3.79. The number of rotatable bonds is 3. The van der Waals surface area contributed by atoms with Gasteiger partial charge in [0, 0.05) is 0 Å². The summed E-state index contributed by atoms with van der Waals surface area (Å²) < 4.78 is 22.6. The van der Waals surface area contributed by atoms with E-state index in [1.54, 1.807) is 0 Å². The first-order valence-corrected chi connectivity index (χ1v) is 5.30. The second kappa shape index (κ2) is 3.67. The van der Waals surface area contributed by atoms with Gasteiger partial charge in [-0.1, -0.05) is 0 Å². The molecule has 0 aliphatic carbocycles. The molecule has 0 saturated heterocycles. The number of sulfone groups is 1. The van der Waals surface area contributed by atoms with Crippen molar-refractivity contribution in [3.05, 3.63) is 24.3 Å². The van der Waals surface area contributed by atoms with E-state index in [0.29, 0.717) is 0 Å². The van der Waals surface area contributed by atoms with Gasteiger partial charge < -0.3 is 10.2 Å². The maximum atomic E-state index is 11.3. The van der Waals surface area contributed by atoms with Gasteiger partial charge in [-0.25, -0.2) is 8.42 Å². The molecule has 1 aromatic carbocycles. The number of hydrogen-bond donors (Lipinski definition) is 2. The largest absolute Gasteiger partial charge is 0.508 e. The summed E-state index contributed by atoms with van der Waals surface area (Å²) in [6.45, 7) is 0. The molecule has 0 bridgehead atoms. The molecule has 1 rings (SSSR count). The average molecular weight is 216 g/mol. The maximum Gasteiger partial charge on any atom is 0.319 e. The fourth-order valence-electron chi connectivity index (χ4n) is 0.899. The van der Waals surface area contributed by atoms with Crippen molar-refractivity contribution in [2.75, 3.05) is 5.75 Å². The second-order valence-corrected chi connectivity index (χ2v) is 4.64. The maximum absolute atomic E-state index is 11.3. The molecule has 1 aromatic rings. The van der Waals surface area contributed by atoms with Crippen LogP contribution in [-0.2, 0) is 14.6 Å². The van der Waals surface area contributed by atoms with Gasteiger partial charge in [0.05, 0.1) is 4.90 Å². The van der Waals surface area contributed by atoms with Crippen LogP contribution in [0.25, 0.3) is 0 Å². The van der Waals surface area contributed by atoms with Gasteiger partial charge in [-0.3, -0.25) is 4.79 Å². The van der Waals surface area contributed by atoms with Crippen LogP contribution in [0.1, 0.15) is 0 Å². The van der Waals surface area contributed by atoms with E-state index < -0.39 is 21.6 Å². The van der Waals surface area contributed by atoms with Crippen molar-refractivity contribution in [2.45, 2.75) is 4.90 Å². The molecule has 0 atom stereocenters. The molecule has 0 aliphatic heterocycles. The summed E-state index contributed by atoms with van der Waals surface area (Å²) in [5.41, 5.74) is 0. The molecular formula is C8H8O5S. The van der Waals surface area contributed by atoms with Gasteiger partial charge in [0.15, 0.2) is 15.6 Å². The Morgan fingerprint density at radius 3 is 2.14 bits per heavy atom. The molecule has 0 radical (unpaired) electrons. The molecule has 5 nitrogen and oxygen atoms in total. The minimum absolute atomic E-state index is 0.0701. The second-order valence-electron chi connectivity index (χ2n) is 2.65. The average Bonchev–Trinajstić information content (AvgIpc) is 2.02. The highest BCUT2D eigenvalue weighted by atomic mass is 32.2. The standard InChI is InChI=1S/C8H8O5S/c9-6-1-3-7(4-2-6)14(12,13)5-8(10)11/h1-4,9H,5H2,(H,10,11). The van der Waals surface area contributed by atoms with Crippen LogP contribution in [0.5, 0.6) is 5.75 Å². The minimum Gasteiger partial charge on any atom is -0.508 e. The highest BCUT2D eigenvalue weighted by Crippen LogP contribution is 2.15. The number of carboxylic acid groups (broad SMARTS) is 1. The zero-order chi connectivity index (χ0) is 10.8. The number of carboxylic acids is 1. The Labute approximate surface area is 80.5 Å². The Hall–Kier alpha value is -1.56. The van der Waals surface area contributed by atoms with Crippen molar-refractivity contribution >= 4 is 15.8 Å². The van der Waals surface area contributed by atoms with Crippen LogP contribution in [0.15, 0.2) is 29.2 Å². The SMILES string of the molecule is O=C(O)CS(=O)(=O)c1ccc(O)cc1. The third kappa shape index (κ3) is 2.46. The molecule has 0 fully saturated rings. The van der Waals surface area contributed by atoms with Crippen LogP contribution in [0, 0.1) is 0 Å². The number of aromatic hydroxyl groups is 1. The van der Waals surface area contributed by atoms with Gasteiger partial charge in [0.25, 0.3) is 0 Å². The van der Waals surface area contributed by atoms with Crippen molar-refractivity contribution in [1.29, 1.82) is 0 Å². The lowest BCUT2D eigenvalue weighted by atomic mass is 10.3. The topological polar surface area (TPSA) is 91.7 Å². The van der Waals surface area contributed by atoms with Gasteiger partial charge in [-0.2, -0.15) is 0 Å². The van der Waals surface area contributed by atoms with Crippen LogP contribution in [0.3, 0.4) is 0 Å². The highest BCUT2D eigenvalue weighted by Gasteiger charge is 2.18. The van der Waals surface area contributed by atoms with E-state index in [9.17, 15) is 13.2 Å². The summed E-state index contributed by atoms with van der Waals surface area (Å²) in [4.78, 5) is 10.1. The van der Waals surface area contributed by atoms with E-state index in [2.05, 4.69) is 0 Å². The minimum atomic E-state index is -3.79. The van der Waals surface area contributed by atoms with Crippen molar-refractivity contribution in [3.63, 3.8) is 0 Å². The van der Waals surface area contributed by atoms with E-state index in [-0.39, 0.29) is 10.6 Å². The molecule has 0 aliphatic rings. The van der Waals surface area contributed by atoms with E-state index in [1.807, 2.05) is 0 Å². The summed E-state index contributed by atoms with van der Waals surface area (Å²) in [5.74, 6) is -2.42. The summed E-state index contributed by atoms with van der Waals surface area (Å²) in [5, 5.41) is 17.2. The van der Waals surface area contributed by atoms with Crippen LogP contribution in [0.2, 0.25) is 0 Å². The van der Waals surface area contributed by atoms with Gasteiger partial charge in [0.1, 0.15) is 5.75 Å². The Balaban J connectivity index is 3.05. The quantitative estimate of drug-likeness (QED) is 0.755. The summed E-state index contributed by atoms with van der Waals surface area (Å²) in [6, 6.07) is 4.70. The van der Waals surface area contributed by atoms with Crippen LogP contribution >= 0.6 is 0 Å².